The summed E-state index contributed by atoms with van der Waals surface area (Å²) >= 11 is 0. The Morgan fingerprint density at radius 3 is 1.61 bits per heavy atom. The van der Waals surface area contributed by atoms with Gasteiger partial charge in [-0.15, -0.1) is 0 Å². The third kappa shape index (κ3) is 5.46. The largest absolute Gasteiger partial charge is 0.298 e. The van der Waals surface area contributed by atoms with Gasteiger partial charge >= 0.3 is 0 Å². The number of Topliss-reactive ketones (excluding diaryl/α,β-unsaturated/α-hetero) is 1. The molecule has 0 aromatic heterocycles. The van der Waals surface area contributed by atoms with Crippen LogP contribution in [-0.2, 0) is 24.1 Å². The average molecular weight is 521 g/mol. The van der Waals surface area contributed by atoms with E-state index in [0.717, 1.165) is 22.3 Å². The second kappa shape index (κ2) is 10.2. The Morgan fingerprint density at radius 2 is 1.08 bits per heavy atom. The van der Waals surface area contributed by atoms with Crippen LogP contribution in [0.25, 0.3) is 11.1 Å². The molecule has 0 N–H and O–H groups in total. The number of carbonyl (C=O) groups is 1. The van der Waals surface area contributed by atoms with Gasteiger partial charge in [0, 0.05) is 5.56 Å². The Morgan fingerprint density at radius 1 is 0.611 bits per heavy atom. The molecule has 0 saturated heterocycles. The number of hydrogen-bond acceptors (Lipinski definition) is 6. The van der Waals surface area contributed by atoms with Crippen molar-refractivity contribution in [3.8, 4) is 11.1 Å². The Balaban J connectivity index is 1.75. The zero-order chi connectivity index (χ0) is 25.9. The van der Waals surface area contributed by atoms with Gasteiger partial charge in [0.15, 0.2) is 0 Å². The number of hydrogen-bond donors (Lipinski definition) is 0. The van der Waals surface area contributed by atoms with Gasteiger partial charge in [-0.1, -0.05) is 90.0 Å². The van der Waals surface area contributed by atoms with E-state index in [1.807, 2.05) is 30.3 Å². The van der Waals surface area contributed by atoms with Crippen LogP contribution in [0, 0.1) is 13.8 Å². The number of carbonyl (C=O) groups excluding carboxylic acids is 1. The molecule has 0 saturated carbocycles. The molecule has 4 aromatic rings. The van der Waals surface area contributed by atoms with Crippen molar-refractivity contribution in [1.29, 1.82) is 0 Å². The highest BCUT2D eigenvalue weighted by atomic mass is 32.2. The summed E-state index contributed by atoms with van der Waals surface area (Å²) in [5, 5.41) is 0. The molecule has 0 radical (unpaired) electrons. The average Bonchev–Trinajstić information content (AvgIpc) is 2.88. The lowest BCUT2D eigenvalue weighted by molar-refractivity contribution is 0.0887. The molecule has 8 heteroatoms. The minimum absolute atomic E-state index is 0.00877. The van der Waals surface area contributed by atoms with Crippen LogP contribution in [0.4, 0.5) is 0 Å². The van der Waals surface area contributed by atoms with Crippen LogP contribution in [0.15, 0.2) is 113 Å². The molecule has 1 atom stereocenters. The number of rotatable bonds is 8. The second-order valence-corrected chi connectivity index (χ2v) is 11.9. The van der Waals surface area contributed by atoms with Gasteiger partial charge in [-0.2, -0.15) is 8.42 Å². The van der Waals surface area contributed by atoms with Gasteiger partial charge in [0.25, 0.3) is 10.1 Å². The van der Waals surface area contributed by atoms with E-state index in [2.05, 4.69) is 0 Å². The summed E-state index contributed by atoms with van der Waals surface area (Å²) in [4.78, 5) is 13.0. The summed E-state index contributed by atoms with van der Waals surface area (Å²) < 4.78 is 58.2. The van der Waals surface area contributed by atoms with E-state index in [1.54, 1.807) is 50.2 Å². The van der Waals surface area contributed by atoms with E-state index in [1.165, 1.54) is 36.4 Å². The van der Waals surface area contributed by atoms with Gasteiger partial charge in [0.2, 0.25) is 21.1 Å². The maximum atomic E-state index is 13.5. The van der Waals surface area contributed by atoms with Gasteiger partial charge in [0.05, 0.1) is 9.79 Å². The molecule has 1 unspecified atom stereocenters. The van der Waals surface area contributed by atoms with E-state index in [4.69, 9.17) is 4.18 Å². The molecule has 4 aromatic carbocycles. The molecule has 0 aliphatic rings. The molecule has 0 amide bonds. The van der Waals surface area contributed by atoms with Gasteiger partial charge in [0.1, 0.15) is 0 Å². The summed E-state index contributed by atoms with van der Waals surface area (Å²) in [6, 6.07) is 27.2. The van der Waals surface area contributed by atoms with Crippen molar-refractivity contribution >= 4 is 25.7 Å². The highest BCUT2D eigenvalue weighted by Gasteiger charge is 2.40. The third-order valence-electron chi connectivity index (χ3n) is 5.65. The number of benzene rings is 4. The fourth-order valence-electron chi connectivity index (χ4n) is 3.56. The van der Waals surface area contributed by atoms with Crippen LogP contribution in [0.2, 0.25) is 0 Å². The zero-order valence-corrected chi connectivity index (χ0v) is 21.3. The molecular weight excluding hydrogens is 496 g/mol. The monoisotopic (exact) mass is 520 g/mol. The first-order valence-electron chi connectivity index (χ1n) is 11.1. The zero-order valence-electron chi connectivity index (χ0n) is 19.7. The molecule has 184 valence electrons. The van der Waals surface area contributed by atoms with Crippen molar-refractivity contribution < 1.29 is 25.8 Å². The Hall–Kier alpha value is -3.59. The molecule has 0 aliphatic carbocycles. The van der Waals surface area contributed by atoms with Gasteiger partial charge in [-0.05, 0) is 49.2 Å². The molecule has 4 rings (SSSR count). The van der Waals surface area contributed by atoms with Crippen molar-refractivity contribution in [2.45, 2.75) is 29.1 Å². The topological polar surface area (TPSA) is 94.6 Å². The molecule has 0 spiro atoms. The van der Waals surface area contributed by atoms with E-state index >= 15 is 0 Å². The molecule has 6 nitrogen and oxygen atoms in total. The normalized spacial score (nSPS) is 12.7. The highest BCUT2D eigenvalue weighted by molar-refractivity contribution is 7.94. The first-order chi connectivity index (χ1) is 17.1. The smallest absolute Gasteiger partial charge is 0.290 e. The van der Waals surface area contributed by atoms with Crippen molar-refractivity contribution in [2.24, 2.45) is 0 Å². The lowest BCUT2D eigenvalue weighted by Gasteiger charge is -2.18. The van der Waals surface area contributed by atoms with E-state index in [-0.39, 0.29) is 15.4 Å². The number of sulfone groups is 1. The summed E-state index contributed by atoms with van der Waals surface area (Å²) in [7, 11) is -9.11. The van der Waals surface area contributed by atoms with Crippen LogP contribution in [0.5, 0.6) is 0 Å². The summed E-state index contributed by atoms with van der Waals surface area (Å²) in [6.45, 7) is 3.57. The standard InChI is InChI=1S/C28H24O6S2/c1-20-8-16-25(17-9-20)35(30,31)28(34-36(32,33)26-18-10-21(2)11-19-26)27(29)24-14-12-23(13-15-24)22-6-4-3-5-7-22/h3-19,28H,1-2H3. The van der Waals surface area contributed by atoms with Gasteiger partial charge in [-0.3, -0.25) is 4.79 Å². The summed E-state index contributed by atoms with van der Waals surface area (Å²) in [6.07, 6.45) is 0. The van der Waals surface area contributed by atoms with Gasteiger partial charge < -0.3 is 0 Å². The minimum Gasteiger partial charge on any atom is -0.290 e. The maximum Gasteiger partial charge on any atom is 0.298 e. The van der Waals surface area contributed by atoms with Crippen LogP contribution in [-0.4, -0.2) is 28.1 Å². The first kappa shape index (κ1) is 25.5. The summed E-state index contributed by atoms with van der Waals surface area (Å²) in [5.74, 6) is -0.981. The molecule has 0 aliphatic heterocycles. The molecular formula is C28H24O6S2. The lowest BCUT2D eigenvalue weighted by atomic mass is 10.0. The van der Waals surface area contributed by atoms with Crippen molar-refractivity contribution in [1.82, 2.24) is 0 Å². The first-order valence-corrected chi connectivity index (χ1v) is 14.0. The van der Waals surface area contributed by atoms with Crippen molar-refractivity contribution in [2.75, 3.05) is 0 Å². The third-order valence-corrected chi connectivity index (χ3v) is 8.87. The molecule has 0 bridgehead atoms. The fourth-order valence-corrected chi connectivity index (χ4v) is 6.36. The lowest BCUT2D eigenvalue weighted by Crippen LogP contribution is -2.35. The van der Waals surface area contributed by atoms with Crippen LogP contribution >= 0.6 is 0 Å². The highest BCUT2D eigenvalue weighted by Crippen LogP contribution is 2.27. The van der Waals surface area contributed by atoms with Crippen molar-refractivity contribution in [3.63, 3.8) is 0 Å². The second-order valence-electron chi connectivity index (χ2n) is 8.36. The van der Waals surface area contributed by atoms with Crippen LogP contribution in [0.3, 0.4) is 0 Å². The SMILES string of the molecule is Cc1ccc(S(=O)(=O)OC(C(=O)c2ccc(-c3ccccc3)cc2)S(=O)(=O)c2ccc(C)cc2)cc1. The quantitative estimate of drug-likeness (QED) is 0.229. The predicted octanol–water partition coefficient (Wildman–Crippen LogP) is 5.36. The number of ketones is 1. The van der Waals surface area contributed by atoms with E-state index in [0.29, 0.717) is 0 Å². The Labute approximate surface area is 211 Å². The van der Waals surface area contributed by atoms with Crippen LogP contribution < -0.4 is 0 Å². The predicted molar refractivity (Wildman–Crippen MR) is 138 cm³/mol. The van der Waals surface area contributed by atoms with Crippen LogP contribution in [0.1, 0.15) is 21.5 Å². The molecule has 36 heavy (non-hydrogen) atoms. The van der Waals surface area contributed by atoms with Crippen molar-refractivity contribution in [3.05, 3.63) is 120 Å². The minimum atomic E-state index is -4.58. The molecule has 0 heterocycles. The van der Waals surface area contributed by atoms with Gasteiger partial charge in [-0.25, -0.2) is 12.6 Å². The van der Waals surface area contributed by atoms with E-state index in [9.17, 15) is 21.6 Å². The summed E-state index contributed by atoms with van der Waals surface area (Å²) in [5.41, 5.74) is 1.06. The molecule has 0 fully saturated rings. The van der Waals surface area contributed by atoms with E-state index < -0.39 is 31.2 Å². The fraction of sp³-hybridized carbons (Fsp3) is 0.107. The Bertz CT molecular complexity index is 1570. The number of aryl methyl sites for hydroxylation is 2. The maximum absolute atomic E-state index is 13.5. The Kier molecular flexibility index (Phi) is 7.21.